The number of nitrogens with one attached hydrogen (secondary N) is 1. The lowest BCUT2D eigenvalue weighted by molar-refractivity contribution is 0.282. The van der Waals surface area contributed by atoms with Gasteiger partial charge in [-0.15, -0.1) is 0 Å². The molecule has 0 spiro atoms. The molecule has 0 unspecified atom stereocenters. The van der Waals surface area contributed by atoms with Gasteiger partial charge in [0.25, 0.3) is 0 Å². The van der Waals surface area contributed by atoms with E-state index < -0.39 is 0 Å². The van der Waals surface area contributed by atoms with Crippen LogP contribution in [-0.2, 0) is 0 Å². The fourth-order valence-corrected chi connectivity index (χ4v) is 2.63. The highest BCUT2D eigenvalue weighted by Crippen LogP contribution is 2.25. The summed E-state index contributed by atoms with van der Waals surface area (Å²) in [5, 5.41) is 12.9. The molecule has 2 aromatic carbocycles. The normalized spacial score (nSPS) is 11.1. The van der Waals surface area contributed by atoms with Crippen LogP contribution in [0.1, 0.15) is 6.42 Å². The molecular weight excluding hydrogens is 307 g/mol. The van der Waals surface area contributed by atoms with Crippen molar-refractivity contribution in [2.24, 2.45) is 0 Å². The number of rotatable bonds is 8. The Kier molecular flexibility index (Phi) is 5.46. The Morgan fingerprint density at radius 3 is 2.67 bits per heavy atom. The molecule has 5 heteroatoms. The van der Waals surface area contributed by atoms with Gasteiger partial charge in [-0.3, -0.25) is 0 Å². The van der Waals surface area contributed by atoms with Gasteiger partial charge in [0.2, 0.25) is 0 Å². The molecule has 0 bridgehead atoms. The molecule has 0 fully saturated rings. The molecule has 0 aliphatic heterocycles. The molecule has 1 heterocycles. The molecule has 0 aliphatic carbocycles. The van der Waals surface area contributed by atoms with E-state index in [4.69, 9.17) is 9.84 Å². The van der Waals surface area contributed by atoms with E-state index >= 15 is 0 Å². The van der Waals surface area contributed by atoms with Crippen LogP contribution in [0.2, 0.25) is 0 Å². The zero-order valence-electron chi connectivity index (χ0n) is 13.4. The summed E-state index contributed by atoms with van der Waals surface area (Å²) in [7, 11) is 0. The number of hydrogen-bond acceptors (Lipinski definition) is 3. The fourth-order valence-electron chi connectivity index (χ4n) is 2.63. The largest absolute Gasteiger partial charge is 0.494 e. The molecule has 3 aromatic rings. The number of aromatic nitrogens is 1. The van der Waals surface area contributed by atoms with Crippen molar-refractivity contribution in [3.63, 3.8) is 0 Å². The van der Waals surface area contributed by atoms with Crippen molar-refractivity contribution in [1.82, 2.24) is 9.88 Å². The summed E-state index contributed by atoms with van der Waals surface area (Å²) in [5.74, 6) is 0.598. The third kappa shape index (κ3) is 3.93. The molecule has 3 rings (SSSR count). The Morgan fingerprint density at radius 1 is 1.04 bits per heavy atom. The van der Waals surface area contributed by atoms with Gasteiger partial charge in [-0.25, -0.2) is 4.39 Å². The maximum atomic E-state index is 13.1. The first-order chi connectivity index (χ1) is 11.8. The van der Waals surface area contributed by atoms with Gasteiger partial charge in [0.1, 0.15) is 11.6 Å². The monoisotopic (exact) mass is 328 g/mol. The molecule has 4 nitrogen and oxygen atoms in total. The SMILES string of the molecule is OCCNCCCOc1ccc2c(ccn2-c2ccc(F)cc2)c1. The zero-order chi connectivity index (χ0) is 16.8. The average molecular weight is 328 g/mol. The Labute approximate surface area is 140 Å². The minimum absolute atomic E-state index is 0.155. The van der Waals surface area contributed by atoms with Gasteiger partial charge >= 0.3 is 0 Å². The number of fused-ring (bicyclic) bond motifs is 1. The predicted octanol–water partition coefficient (Wildman–Crippen LogP) is 3.12. The summed E-state index contributed by atoms with van der Waals surface area (Å²) >= 11 is 0. The molecule has 0 amide bonds. The van der Waals surface area contributed by atoms with Crippen LogP contribution in [0, 0.1) is 5.82 Å². The molecule has 0 saturated heterocycles. The molecule has 0 atom stereocenters. The number of nitrogens with zero attached hydrogens (tertiary/aromatic N) is 1. The van der Waals surface area contributed by atoms with Gasteiger partial charge in [-0.2, -0.15) is 0 Å². The third-order valence-corrected chi connectivity index (χ3v) is 3.82. The van der Waals surface area contributed by atoms with E-state index in [0.29, 0.717) is 13.2 Å². The smallest absolute Gasteiger partial charge is 0.123 e. The third-order valence-electron chi connectivity index (χ3n) is 3.82. The maximum absolute atomic E-state index is 13.1. The minimum atomic E-state index is -0.237. The topological polar surface area (TPSA) is 46.4 Å². The molecule has 0 radical (unpaired) electrons. The summed E-state index contributed by atoms with van der Waals surface area (Å²) in [5.41, 5.74) is 1.98. The molecule has 2 N–H and O–H groups in total. The summed E-state index contributed by atoms with van der Waals surface area (Å²) in [6.45, 7) is 2.22. The lowest BCUT2D eigenvalue weighted by atomic mass is 10.2. The van der Waals surface area contributed by atoms with E-state index in [2.05, 4.69) is 5.32 Å². The first-order valence-corrected chi connectivity index (χ1v) is 8.09. The standard InChI is InChI=1S/C19H21FN2O2/c20-16-2-4-17(5-3-16)22-11-8-15-14-18(6-7-19(15)22)24-13-1-9-21-10-12-23/h2-8,11,14,21,23H,1,9-10,12-13H2. The van der Waals surface area contributed by atoms with Crippen LogP contribution in [0.5, 0.6) is 5.75 Å². The zero-order valence-corrected chi connectivity index (χ0v) is 13.4. The van der Waals surface area contributed by atoms with E-state index in [-0.39, 0.29) is 12.4 Å². The number of ether oxygens (including phenoxy) is 1. The van der Waals surface area contributed by atoms with Crippen LogP contribution < -0.4 is 10.1 Å². The van der Waals surface area contributed by atoms with Crippen molar-refractivity contribution in [3.05, 3.63) is 60.5 Å². The quantitative estimate of drug-likeness (QED) is 0.625. The van der Waals surface area contributed by atoms with E-state index in [1.54, 1.807) is 12.1 Å². The molecular formula is C19H21FN2O2. The van der Waals surface area contributed by atoms with Crippen LogP contribution in [0.4, 0.5) is 4.39 Å². The second-order valence-electron chi connectivity index (χ2n) is 5.56. The van der Waals surface area contributed by atoms with E-state index in [1.807, 2.05) is 35.0 Å². The van der Waals surface area contributed by atoms with Gasteiger partial charge in [-0.1, -0.05) is 0 Å². The molecule has 0 saturated carbocycles. The molecule has 24 heavy (non-hydrogen) atoms. The molecule has 1 aromatic heterocycles. The Balaban J connectivity index is 1.66. The van der Waals surface area contributed by atoms with Crippen LogP contribution in [0.15, 0.2) is 54.7 Å². The second-order valence-corrected chi connectivity index (χ2v) is 5.56. The van der Waals surface area contributed by atoms with Crippen molar-refractivity contribution in [2.75, 3.05) is 26.3 Å². The lowest BCUT2D eigenvalue weighted by Crippen LogP contribution is -2.20. The summed E-state index contributed by atoms with van der Waals surface area (Å²) in [4.78, 5) is 0. The predicted molar refractivity (Wildman–Crippen MR) is 93.3 cm³/mol. The molecule has 0 aliphatic rings. The summed E-state index contributed by atoms with van der Waals surface area (Å²) in [6.07, 6.45) is 2.86. The highest BCUT2D eigenvalue weighted by atomic mass is 19.1. The van der Waals surface area contributed by atoms with Crippen molar-refractivity contribution < 1.29 is 14.2 Å². The molecule has 126 valence electrons. The van der Waals surface area contributed by atoms with Crippen LogP contribution in [0.25, 0.3) is 16.6 Å². The van der Waals surface area contributed by atoms with Gasteiger partial charge in [-0.05, 0) is 61.5 Å². The summed E-state index contributed by atoms with van der Waals surface area (Å²) < 4.78 is 20.9. The van der Waals surface area contributed by atoms with Crippen LogP contribution in [-0.4, -0.2) is 36.0 Å². The Hall–Kier alpha value is -2.37. The number of halogens is 1. The van der Waals surface area contributed by atoms with E-state index in [9.17, 15) is 4.39 Å². The number of aliphatic hydroxyl groups excluding tert-OH is 1. The first kappa shape index (κ1) is 16.5. The Morgan fingerprint density at radius 2 is 1.88 bits per heavy atom. The van der Waals surface area contributed by atoms with E-state index in [1.165, 1.54) is 12.1 Å². The second kappa shape index (κ2) is 7.95. The highest BCUT2D eigenvalue weighted by Gasteiger charge is 2.05. The van der Waals surface area contributed by atoms with Crippen molar-refractivity contribution in [1.29, 1.82) is 0 Å². The number of hydrogen-bond donors (Lipinski definition) is 2. The maximum Gasteiger partial charge on any atom is 0.123 e. The minimum Gasteiger partial charge on any atom is -0.494 e. The van der Waals surface area contributed by atoms with Crippen molar-refractivity contribution >= 4 is 10.9 Å². The fraction of sp³-hybridized carbons (Fsp3) is 0.263. The number of aliphatic hydroxyl groups is 1. The first-order valence-electron chi connectivity index (χ1n) is 8.09. The Bertz CT molecular complexity index is 784. The van der Waals surface area contributed by atoms with Crippen LogP contribution in [0.3, 0.4) is 0 Å². The lowest BCUT2D eigenvalue weighted by Gasteiger charge is -2.08. The van der Waals surface area contributed by atoms with Crippen molar-refractivity contribution in [3.8, 4) is 11.4 Å². The van der Waals surface area contributed by atoms with Gasteiger partial charge < -0.3 is 19.7 Å². The highest BCUT2D eigenvalue weighted by molar-refractivity contribution is 5.83. The van der Waals surface area contributed by atoms with Gasteiger partial charge in [0.05, 0.1) is 18.7 Å². The van der Waals surface area contributed by atoms with Crippen LogP contribution >= 0.6 is 0 Å². The number of benzene rings is 2. The van der Waals surface area contributed by atoms with Crippen molar-refractivity contribution in [2.45, 2.75) is 6.42 Å². The average Bonchev–Trinajstić information content (AvgIpc) is 3.02. The van der Waals surface area contributed by atoms with Gasteiger partial charge in [0, 0.05) is 23.8 Å². The summed E-state index contributed by atoms with van der Waals surface area (Å²) in [6, 6.07) is 14.4. The van der Waals surface area contributed by atoms with E-state index in [0.717, 1.165) is 35.3 Å². The van der Waals surface area contributed by atoms with Gasteiger partial charge in [0.15, 0.2) is 0 Å².